The Morgan fingerprint density at radius 1 is 1.37 bits per heavy atom. The third kappa shape index (κ3) is 4.06. The van der Waals surface area contributed by atoms with Crippen LogP contribution in [0.2, 0.25) is 0 Å². The molecule has 0 heterocycles. The third-order valence-corrected chi connectivity index (χ3v) is 2.44. The summed E-state index contributed by atoms with van der Waals surface area (Å²) in [6.07, 6.45) is 0.106. The molecule has 1 rings (SSSR count). The van der Waals surface area contributed by atoms with Crippen molar-refractivity contribution in [3.8, 4) is 0 Å². The molecule has 0 fully saturated rings. The number of urea groups is 1. The highest BCUT2D eigenvalue weighted by Gasteiger charge is 2.31. The lowest BCUT2D eigenvalue weighted by Gasteiger charge is -2.21. The van der Waals surface area contributed by atoms with Gasteiger partial charge in [0.25, 0.3) is 0 Å². The molecule has 0 aliphatic heterocycles. The summed E-state index contributed by atoms with van der Waals surface area (Å²) in [6.45, 7) is 1.76. The molecule has 0 aliphatic carbocycles. The summed E-state index contributed by atoms with van der Waals surface area (Å²) < 4.78 is 4.82. The molecule has 0 radical (unpaired) electrons. The van der Waals surface area contributed by atoms with Gasteiger partial charge in [-0.05, 0) is 12.5 Å². The minimum atomic E-state index is -1.16. The first-order valence-electron chi connectivity index (χ1n) is 5.72. The van der Waals surface area contributed by atoms with Gasteiger partial charge in [0.15, 0.2) is 6.04 Å². The fraction of sp³-hybridized carbons (Fsp3) is 0.333. The topological polar surface area (TPSA) is 102 Å². The highest BCUT2D eigenvalue weighted by atomic mass is 16.5. The predicted molar refractivity (Wildman–Crippen MR) is 67.8 cm³/mol. The van der Waals surface area contributed by atoms with Crippen LogP contribution in [0.4, 0.5) is 4.79 Å². The Bertz CT molecular complexity index is 450. The molecule has 0 saturated heterocycles. The SMILES string of the molecule is CCOC(=O)[C@H](Cc1ccccc1)N(N=O)C(N)=O. The van der Waals surface area contributed by atoms with Crippen molar-refractivity contribution in [2.45, 2.75) is 19.4 Å². The Balaban J connectivity index is 2.95. The standard InChI is InChI=1S/C12H15N3O4/c1-2-19-11(16)10(15(14-18)12(13)17)8-9-6-4-3-5-7-9/h3-7,10H,2,8H2,1H3,(H2,13,17)/t10-/m0/s1. The Labute approximate surface area is 110 Å². The normalized spacial score (nSPS) is 11.4. The highest BCUT2D eigenvalue weighted by Crippen LogP contribution is 2.11. The fourth-order valence-corrected chi connectivity index (χ4v) is 1.60. The first-order valence-corrected chi connectivity index (χ1v) is 5.72. The van der Waals surface area contributed by atoms with Gasteiger partial charge in [0, 0.05) is 6.42 Å². The molecule has 0 spiro atoms. The zero-order valence-electron chi connectivity index (χ0n) is 10.5. The average Bonchev–Trinajstić information content (AvgIpc) is 2.39. The van der Waals surface area contributed by atoms with E-state index in [4.69, 9.17) is 10.5 Å². The average molecular weight is 265 g/mol. The number of rotatable bonds is 6. The molecule has 0 saturated carbocycles. The van der Waals surface area contributed by atoms with Gasteiger partial charge in [0.1, 0.15) is 0 Å². The van der Waals surface area contributed by atoms with Crippen LogP contribution < -0.4 is 5.73 Å². The van der Waals surface area contributed by atoms with Gasteiger partial charge < -0.3 is 10.5 Å². The molecular formula is C12H15N3O4. The van der Waals surface area contributed by atoms with Gasteiger partial charge in [0.2, 0.25) is 0 Å². The summed E-state index contributed by atoms with van der Waals surface area (Å²) in [5.41, 5.74) is 5.78. The number of benzene rings is 1. The number of nitrogens with two attached hydrogens (primary N) is 1. The predicted octanol–water partition coefficient (Wildman–Crippen LogP) is 1.22. The first-order chi connectivity index (χ1) is 9.10. The van der Waals surface area contributed by atoms with Gasteiger partial charge >= 0.3 is 12.0 Å². The molecule has 7 heteroatoms. The summed E-state index contributed by atoms with van der Waals surface area (Å²) in [7, 11) is 0. The molecule has 2 N–H and O–H groups in total. The van der Waals surface area contributed by atoms with Gasteiger partial charge in [-0.1, -0.05) is 30.3 Å². The van der Waals surface area contributed by atoms with Crippen molar-refractivity contribution in [1.29, 1.82) is 0 Å². The summed E-state index contributed by atoms with van der Waals surface area (Å²) in [5, 5.41) is 2.89. The van der Waals surface area contributed by atoms with E-state index in [1.807, 2.05) is 6.07 Å². The Kier molecular flexibility index (Phi) is 5.46. The van der Waals surface area contributed by atoms with E-state index in [0.29, 0.717) is 5.01 Å². The van der Waals surface area contributed by atoms with E-state index in [1.165, 1.54) is 0 Å². The Morgan fingerprint density at radius 3 is 2.47 bits per heavy atom. The first kappa shape index (κ1) is 14.6. The lowest BCUT2D eigenvalue weighted by Crippen LogP contribution is -2.46. The highest BCUT2D eigenvalue weighted by molar-refractivity contribution is 5.82. The second kappa shape index (κ2) is 7.10. The molecule has 0 aliphatic rings. The molecule has 1 atom stereocenters. The summed E-state index contributed by atoms with van der Waals surface area (Å²) in [5.74, 6) is -0.718. The number of primary amides is 1. The van der Waals surface area contributed by atoms with E-state index in [2.05, 4.69) is 5.29 Å². The number of amides is 2. The van der Waals surface area contributed by atoms with Crippen LogP contribution in [-0.2, 0) is 16.0 Å². The van der Waals surface area contributed by atoms with Gasteiger partial charge in [-0.3, -0.25) is 0 Å². The Morgan fingerprint density at radius 2 is 2.00 bits per heavy atom. The van der Waals surface area contributed by atoms with Crippen LogP contribution >= 0.6 is 0 Å². The van der Waals surface area contributed by atoms with Crippen LogP contribution in [0.15, 0.2) is 35.6 Å². The van der Waals surface area contributed by atoms with E-state index in [1.54, 1.807) is 31.2 Å². The molecule has 0 bridgehead atoms. The van der Waals surface area contributed by atoms with Crippen molar-refractivity contribution >= 4 is 12.0 Å². The second-order valence-corrected chi connectivity index (χ2v) is 3.72. The maximum absolute atomic E-state index is 11.8. The van der Waals surface area contributed by atoms with Gasteiger partial charge in [-0.25, -0.2) is 9.59 Å². The van der Waals surface area contributed by atoms with E-state index in [-0.39, 0.29) is 13.0 Å². The van der Waals surface area contributed by atoms with E-state index in [0.717, 1.165) is 5.56 Å². The van der Waals surface area contributed by atoms with E-state index in [9.17, 15) is 14.5 Å². The van der Waals surface area contributed by atoms with Gasteiger partial charge in [-0.15, -0.1) is 4.91 Å². The molecule has 1 aromatic carbocycles. The van der Waals surface area contributed by atoms with Gasteiger partial charge in [-0.2, -0.15) is 5.01 Å². The maximum Gasteiger partial charge on any atom is 0.338 e. The van der Waals surface area contributed by atoms with E-state index >= 15 is 0 Å². The number of nitroso groups, excluding NO2 is 1. The number of ether oxygens (including phenoxy) is 1. The number of nitrogens with zero attached hydrogens (tertiary/aromatic N) is 2. The van der Waals surface area contributed by atoms with Crippen LogP contribution in [0.1, 0.15) is 12.5 Å². The van der Waals surface area contributed by atoms with Crippen molar-refractivity contribution in [2.24, 2.45) is 11.0 Å². The van der Waals surface area contributed by atoms with Crippen molar-refractivity contribution in [3.63, 3.8) is 0 Å². The quantitative estimate of drug-likeness (QED) is 0.474. The fourth-order valence-electron chi connectivity index (χ4n) is 1.60. The van der Waals surface area contributed by atoms with Crippen molar-refractivity contribution in [2.75, 3.05) is 6.61 Å². The smallest absolute Gasteiger partial charge is 0.338 e. The minimum absolute atomic E-state index is 0.106. The van der Waals surface area contributed by atoms with Crippen molar-refractivity contribution < 1.29 is 14.3 Å². The Hall–Kier alpha value is -2.44. The molecule has 7 nitrogen and oxygen atoms in total. The van der Waals surface area contributed by atoms with Crippen LogP contribution in [-0.4, -0.2) is 29.7 Å². The summed E-state index contributed by atoms with van der Waals surface area (Å²) >= 11 is 0. The third-order valence-electron chi connectivity index (χ3n) is 2.44. The van der Waals surface area contributed by atoms with Crippen LogP contribution in [0.5, 0.6) is 0 Å². The zero-order valence-corrected chi connectivity index (χ0v) is 10.5. The molecule has 0 unspecified atom stereocenters. The zero-order chi connectivity index (χ0) is 14.3. The monoisotopic (exact) mass is 265 g/mol. The molecular weight excluding hydrogens is 250 g/mol. The van der Waals surface area contributed by atoms with Gasteiger partial charge in [0.05, 0.1) is 11.9 Å². The molecule has 2 amide bonds. The largest absolute Gasteiger partial charge is 0.464 e. The summed E-state index contributed by atoms with van der Waals surface area (Å²) in [4.78, 5) is 33.6. The lowest BCUT2D eigenvalue weighted by molar-refractivity contribution is -0.148. The maximum atomic E-state index is 11.8. The number of carbonyl (C=O) groups is 2. The van der Waals surface area contributed by atoms with Crippen molar-refractivity contribution in [3.05, 3.63) is 40.8 Å². The molecule has 0 aromatic heterocycles. The molecule has 1 aromatic rings. The van der Waals surface area contributed by atoms with Crippen LogP contribution in [0.3, 0.4) is 0 Å². The number of esters is 1. The summed E-state index contributed by atoms with van der Waals surface area (Å²) in [6, 6.07) is 6.64. The number of carbonyl (C=O) groups excluding carboxylic acids is 2. The number of hydrogen-bond donors (Lipinski definition) is 1. The minimum Gasteiger partial charge on any atom is -0.464 e. The van der Waals surface area contributed by atoms with Crippen LogP contribution in [0, 0.1) is 4.91 Å². The van der Waals surface area contributed by atoms with Crippen LogP contribution in [0.25, 0.3) is 0 Å². The lowest BCUT2D eigenvalue weighted by atomic mass is 10.1. The molecule has 102 valence electrons. The second-order valence-electron chi connectivity index (χ2n) is 3.72. The van der Waals surface area contributed by atoms with Crippen molar-refractivity contribution in [1.82, 2.24) is 5.01 Å². The van der Waals surface area contributed by atoms with E-state index < -0.39 is 18.0 Å². The number of hydrogen-bond acceptors (Lipinski definition) is 5. The molecule has 19 heavy (non-hydrogen) atoms.